The van der Waals surface area contributed by atoms with Crippen LogP contribution in [0.1, 0.15) is 37.5 Å². The van der Waals surface area contributed by atoms with Gasteiger partial charge in [-0.25, -0.2) is 4.39 Å². The Balaban J connectivity index is 1.72. The van der Waals surface area contributed by atoms with Crippen molar-refractivity contribution in [1.29, 1.82) is 0 Å². The lowest BCUT2D eigenvalue weighted by molar-refractivity contribution is -0.137. The summed E-state index contributed by atoms with van der Waals surface area (Å²) in [6.45, 7) is 6.22. The van der Waals surface area contributed by atoms with Gasteiger partial charge in [-0.05, 0) is 46.9 Å². The number of carbonyl (C=O) groups is 2. The lowest BCUT2D eigenvalue weighted by Gasteiger charge is -2.19. The van der Waals surface area contributed by atoms with Gasteiger partial charge in [-0.1, -0.05) is 63.2 Å². The Kier molecular flexibility index (Phi) is 6.24. The number of benzene rings is 3. The second kappa shape index (κ2) is 9.14. The van der Waals surface area contributed by atoms with E-state index in [-0.39, 0.29) is 28.8 Å². The van der Waals surface area contributed by atoms with Gasteiger partial charge in [0, 0.05) is 11.3 Å². The van der Waals surface area contributed by atoms with E-state index in [0.29, 0.717) is 17.0 Å². The van der Waals surface area contributed by atoms with Crippen LogP contribution in [0.4, 0.5) is 10.1 Å². The van der Waals surface area contributed by atoms with Crippen LogP contribution < -0.4 is 10.1 Å². The number of carbonyl (C=O) groups excluding carboxylic acids is 2. The third-order valence-corrected chi connectivity index (χ3v) is 5.85. The van der Waals surface area contributed by atoms with E-state index < -0.39 is 17.6 Å². The van der Waals surface area contributed by atoms with Crippen molar-refractivity contribution in [2.75, 3.05) is 12.4 Å². The summed E-state index contributed by atoms with van der Waals surface area (Å²) in [7, 11) is 1.56. The van der Waals surface area contributed by atoms with E-state index in [1.54, 1.807) is 49.6 Å². The molecule has 3 aromatic rings. The fraction of sp³-hybridized carbons (Fsp3) is 0.214. The molecule has 1 N–H and O–H groups in total. The van der Waals surface area contributed by atoms with Crippen molar-refractivity contribution in [1.82, 2.24) is 4.90 Å². The van der Waals surface area contributed by atoms with Gasteiger partial charge in [0.1, 0.15) is 17.3 Å². The molecule has 1 heterocycles. The predicted molar refractivity (Wildman–Crippen MR) is 131 cm³/mol. The molecule has 0 saturated carbocycles. The van der Waals surface area contributed by atoms with Crippen molar-refractivity contribution in [2.24, 2.45) is 0 Å². The van der Waals surface area contributed by atoms with E-state index >= 15 is 0 Å². The average Bonchev–Trinajstić information content (AvgIpc) is 3.04. The maximum atomic E-state index is 14.3. The quantitative estimate of drug-likeness (QED) is 0.494. The van der Waals surface area contributed by atoms with Crippen molar-refractivity contribution in [2.45, 2.75) is 32.7 Å². The maximum absolute atomic E-state index is 14.3. The highest BCUT2D eigenvalue weighted by Gasteiger charge is 2.39. The van der Waals surface area contributed by atoms with Crippen LogP contribution in [-0.2, 0) is 21.5 Å². The minimum absolute atomic E-state index is 0.0122. The second-order valence-electron chi connectivity index (χ2n) is 9.22. The third-order valence-electron chi connectivity index (χ3n) is 5.85. The van der Waals surface area contributed by atoms with E-state index in [9.17, 15) is 14.0 Å². The summed E-state index contributed by atoms with van der Waals surface area (Å²) in [6, 6.07) is 20.8. The summed E-state index contributed by atoms with van der Waals surface area (Å²) in [5, 5.41) is 3.15. The number of nitrogens with zero attached hydrogens (tertiary/aromatic N) is 1. The molecule has 0 aromatic heterocycles. The van der Waals surface area contributed by atoms with Crippen molar-refractivity contribution < 1.29 is 18.7 Å². The molecule has 0 atom stereocenters. The number of hydrogen-bond donors (Lipinski definition) is 1. The fourth-order valence-corrected chi connectivity index (χ4v) is 3.86. The molecule has 2 amide bonds. The van der Waals surface area contributed by atoms with E-state index in [1.807, 2.05) is 24.3 Å². The number of halogens is 1. The van der Waals surface area contributed by atoms with Gasteiger partial charge in [-0.3, -0.25) is 14.5 Å². The Labute approximate surface area is 198 Å². The second-order valence-corrected chi connectivity index (χ2v) is 9.22. The number of hydrogen-bond acceptors (Lipinski definition) is 4. The van der Waals surface area contributed by atoms with E-state index in [0.717, 1.165) is 10.5 Å². The van der Waals surface area contributed by atoms with Crippen LogP contribution in [0.3, 0.4) is 0 Å². The molecule has 0 radical (unpaired) electrons. The normalized spacial score (nSPS) is 14.1. The first-order valence-corrected chi connectivity index (χ1v) is 11.0. The molecule has 1 aliphatic rings. The number of anilines is 1. The smallest absolute Gasteiger partial charge is 0.278 e. The summed E-state index contributed by atoms with van der Waals surface area (Å²) >= 11 is 0. The van der Waals surface area contributed by atoms with Gasteiger partial charge in [-0.15, -0.1) is 0 Å². The molecule has 0 spiro atoms. The van der Waals surface area contributed by atoms with Crippen LogP contribution in [0, 0.1) is 5.82 Å². The van der Waals surface area contributed by atoms with E-state index in [4.69, 9.17) is 4.74 Å². The molecule has 0 bridgehead atoms. The molecule has 6 heteroatoms. The predicted octanol–water partition coefficient (Wildman–Crippen LogP) is 5.52. The highest BCUT2D eigenvalue weighted by Crippen LogP contribution is 2.33. The Bertz CT molecular complexity index is 1260. The maximum Gasteiger partial charge on any atom is 0.278 e. The Morgan fingerprint density at radius 2 is 1.53 bits per heavy atom. The van der Waals surface area contributed by atoms with Gasteiger partial charge >= 0.3 is 0 Å². The molecule has 34 heavy (non-hydrogen) atoms. The number of amides is 2. The van der Waals surface area contributed by atoms with Gasteiger partial charge in [0.05, 0.1) is 19.2 Å². The first-order chi connectivity index (χ1) is 16.2. The van der Waals surface area contributed by atoms with Crippen molar-refractivity contribution >= 4 is 23.1 Å². The number of nitrogens with one attached hydrogen (secondary N) is 1. The molecular formula is C28H27FN2O3. The minimum atomic E-state index is -0.501. The molecule has 0 saturated heterocycles. The SMILES string of the molecule is COc1ccc(C2=C(Nc3ccc(C(C)(C)C)cc3)C(=O)N(Cc3ccccc3F)C2=O)cc1. The minimum Gasteiger partial charge on any atom is -0.497 e. The van der Waals surface area contributed by atoms with Gasteiger partial charge in [-0.2, -0.15) is 0 Å². The molecule has 4 rings (SSSR count). The Morgan fingerprint density at radius 3 is 2.12 bits per heavy atom. The molecule has 5 nitrogen and oxygen atoms in total. The number of imide groups is 1. The van der Waals surface area contributed by atoms with Crippen LogP contribution in [0.5, 0.6) is 5.75 Å². The summed E-state index contributed by atoms with van der Waals surface area (Å²) in [6.07, 6.45) is 0. The summed E-state index contributed by atoms with van der Waals surface area (Å²) in [4.78, 5) is 27.9. The van der Waals surface area contributed by atoms with Crippen LogP contribution in [-0.4, -0.2) is 23.8 Å². The van der Waals surface area contributed by atoms with Gasteiger partial charge in [0.2, 0.25) is 0 Å². The van der Waals surface area contributed by atoms with Gasteiger partial charge in [0.15, 0.2) is 0 Å². The lowest BCUT2D eigenvalue weighted by Crippen LogP contribution is -2.32. The third kappa shape index (κ3) is 4.57. The lowest BCUT2D eigenvalue weighted by atomic mass is 9.87. The molecule has 174 valence electrons. The zero-order chi connectivity index (χ0) is 24.5. The highest BCUT2D eigenvalue weighted by atomic mass is 19.1. The van der Waals surface area contributed by atoms with Gasteiger partial charge < -0.3 is 10.1 Å². The largest absolute Gasteiger partial charge is 0.497 e. The van der Waals surface area contributed by atoms with Crippen molar-refractivity contribution in [3.05, 3.63) is 101 Å². The highest BCUT2D eigenvalue weighted by molar-refractivity contribution is 6.36. The van der Waals surface area contributed by atoms with Gasteiger partial charge in [0.25, 0.3) is 11.8 Å². The van der Waals surface area contributed by atoms with E-state index in [2.05, 4.69) is 26.1 Å². The molecule has 1 aliphatic heterocycles. The average molecular weight is 459 g/mol. The topological polar surface area (TPSA) is 58.6 Å². The fourth-order valence-electron chi connectivity index (χ4n) is 3.86. The first kappa shape index (κ1) is 23.2. The molecule has 0 fully saturated rings. The molecular weight excluding hydrogens is 431 g/mol. The standard InChI is InChI=1S/C28H27FN2O3/c1-28(2,3)20-11-13-21(14-12-20)30-25-24(18-9-15-22(34-4)16-10-18)26(32)31(27(25)33)17-19-7-5-6-8-23(19)29/h5-16,30H,17H2,1-4H3. The number of methoxy groups -OCH3 is 1. The number of rotatable bonds is 6. The monoisotopic (exact) mass is 458 g/mol. The Morgan fingerprint density at radius 1 is 0.882 bits per heavy atom. The molecule has 3 aromatic carbocycles. The summed E-state index contributed by atoms with van der Waals surface area (Å²) < 4.78 is 19.5. The summed E-state index contributed by atoms with van der Waals surface area (Å²) in [5.41, 5.74) is 3.07. The van der Waals surface area contributed by atoms with Crippen LogP contribution in [0.2, 0.25) is 0 Å². The van der Waals surface area contributed by atoms with Crippen molar-refractivity contribution in [3.63, 3.8) is 0 Å². The molecule has 0 unspecified atom stereocenters. The zero-order valence-electron chi connectivity index (χ0n) is 19.7. The van der Waals surface area contributed by atoms with Crippen LogP contribution in [0.15, 0.2) is 78.5 Å². The zero-order valence-corrected chi connectivity index (χ0v) is 19.7. The Hall–Kier alpha value is -3.93. The number of ether oxygens (including phenoxy) is 1. The van der Waals surface area contributed by atoms with Crippen molar-refractivity contribution in [3.8, 4) is 5.75 Å². The van der Waals surface area contributed by atoms with E-state index in [1.165, 1.54) is 6.07 Å². The van der Waals surface area contributed by atoms with Crippen LogP contribution >= 0.6 is 0 Å². The molecule has 0 aliphatic carbocycles. The summed E-state index contributed by atoms with van der Waals surface area (Å²) in [5.74, 6) is -0.809. The van der Waals surface area contributed by atoms with Crippen LogP contribution in [0.25, 0.3) is 5.57 Å². The first-order valence-electron chi connectivity index (χ1n) is 11.0.